The standard InChI is InChI=1S/C15H20N2O/c1-12(13-6-4-3-5-7-13)17-14(18)15(2)8-10-16-11-9-15/h3-7,16H,1,8-11H2,2H3,(H,17,18). The number of benzene rings is 1. The summed E-state index contributed by atoms with van der Waals surface area (Å²) in [7, 11) is 0. The van der Waals surface area contributed by atoms with E-state index in [1.54, 1.807) is 0 Å². The van der Waals surface area contributed by atoms with Gasteiger partial charge in [-0.1, -0.05) is 43.8 Å². The summed E-state index contributed by atoms with van der Waals surface area (Å²) < 4.78 is 0. The predicted octanol–water partition coefficient (Wildman–Crippen LogP) is 2.16. The van der Waals surface area contributed by atoms with Crippen LogP contribution in [-0.4, -0.2) is 19.0 Å². The van der Waals surface area contributed by atoms with Crippen LogP contribution >= 0.6 is 0 Å². The Kier molecular flexibility index (Phi) is 3.82. The van der Waals surface area contributed by atoms with Crippen LogP contribution in [0, 0.1) is 5.41 Å². The predicted molar refractivity (Wildman–Crippen MR) is 73.8 cm³/mol. The van der Waals surface area contributed by atoms with Crippen LogP contribution < -0.4 is 10.6 Å². The summed E-state index contributed by atoms with van der Waals surface area (Å²) in [4.78, 5) is 12.3. The first kappa shape index (κ1) is 12.8. The molecule has 3 heteroatoms. The number of nitrogens with one attached hydrogen (secondary N) is 2. The van der Waals surface area contributed by atoms with Crippen LogP contribution in [0.3, 0.4) is 0 Å². The zero-order chi connectivity index (χ0) is 13.0. The Morgan fingerprint density at radius 3 is 2.50 bits per heavy atom. The maximum absolute atomic E-state index is 12.3. The molecule has 0 spiro atoms. The van der Waals surface area contributed by atoms with Gasteiger partial charge in [0, 0.05) is 11.1 Å². The molecule has 0 saturated carbocycles. The molecule has 96 valence electrons. The van der Waals surface area contributed by atoms with Gasteiger partial charge in [0.15, 0.2) is 0 Å². The highest BCUT2D eigenvalue weighted by Crippen LogP contribution is 2.28. The lowest BCUT2D eigenvalue weighted by molar-refractivity contribution is -0.130. The molecule has 0 aliphatic carbocycles. The highest BCUT2D eigenvalue weighted by atomic mass is 16.2. The van der Waals surface area contributed by atoms with Gasteiger partial charge in [-0.15, -0.1) is 0 Å². The van der Waals surface area contributed by atoms with Gasteiger partial charge >= 0.3 is 0 Å². The number of hydrogen-bond donors (Lipinski definition) is 2. The van der Waals surface area contributed by atoms with E-state index >= 15 is 0 Å². The maximum atomic E-state index is 12.3. The molecule has 0 radical (unpaired) electrons. The number of carbonyl (C=O) groups excluding carboxylic acids is 1. The van der Waals surface area contributed by atoms with Crippen molar-refractivity contribution in [2.75, 3.05) is 13.1 Å². The third-order valence-corrected chi connectivity index (χ3v) is 3.64. The van der Waals surface area contributed by atoms with E-state index < -0.39 is 0 Å². The summed E-state index contributed by atoms with van der Waals surface area (Å²) in [5.41, 5.74) is 1.37. The zero-order valence-corrected chi connectivity index (χ0v) is 10.8. The van der Waals surface area contributed by atoms with E-state index in [0.29, 0.717) is 5.70 Å². The highest BCUT2D eigenvalue weighted by molar-refractivity contribution is 5.90. The molecule has 1 aromatic carbocycles. The fourth-order valence-electron chi connectivity index (χ4n) is 2.21. The van der Waals surface area contributed by atoms with Gasteiger partial charge in [0.25, 0.3) is 0 Å². The van der Waals surface area contributed by atoms with Gasteiger partial charge in [-0.25, -0.2) is 0 Å². The van der Waals surface area contributed by atoms with Crippen LogP contribution in [0.5, 0.6) is 0 Å². The molecule has 1 aliphatic heterocycles. The van der Waals surface area contributed by atoms with Crippen LogP contribution in [0.2, 0.25) is 0 Å². The first-order chi connectivity index (χ1) is 8.62. The summed E-state index contributed by atoms with van der Waals surface area (Å²) in [6.45, 7) is 7.78. The van der Waals surface area contributed by atoms with Gasteiger partial charge in [0.05, 0.1) is 0 Å². The summed E-state index contributed by atoms with van der Waals surface area (Å²) in [6.07, 6.45) is 1.75. The van der Waals surface area contributed by atoms with Crippen molar-refractivity contribution in [1.29, 1.82) is 0 Å². The van der Waals surface area contributed by atoms with Crippen molar-refractivity contribution >= 4 is 11.6 Å². The summed E-state index contributed by atoms with van der Waals surface area (Å²) >= 11 is 0. The van der Waals surface area contributed by atoms with Crippen LogP contribution in [0.4, 0.5) is 0 Å². The molecule has 1 fully saturated rings. The fraction of sp³-hybridized carbons (Fsp3) is 0.400. The molecule has 1 aliphatic rings. The topological polar surface area (TPSA) is 41.1 Å². The van der Waals surface area contributed by atoms with Crippen LogP contribution in [0.15, 0.2) is 36.9 Å². The van der Waals surface area contributed by atoms with Gasteiger partial charge in [-0.05, 0) is 31.5 Å². The molecule has 1 amide bonds. The molecule has 1 saturated heterocycles. The molecular weight excluding hydrogens is 224 g/mol. The SMILES string of the molecule is C=C(NC(=O)C1(C)CCNCC1)c1ccccc1. The average molecular weight is 244 g/mol. The van der Waals surface area contributed by atoms with E-state index in [-0.39, 0.29) is 11.3 Å². The Labute approximate surface area is 108 Å². The minimum Gasteiger partial charge on any atom is -0.326 e. The molecule has 2 rings (SSSR count). The third-order valence-electron chi connectivity index (χ3n) is 3.64. The third kappa shape index (κ3) is 2.79. The second-order valence-corrected chi connectivity index (χ2v) is 5.11. The van der Waals surface area contributed by atoms with Crippen molar-refractivity contribution in [2.45, 2.75) is 19.8 Å². The summed E-state index contributed by atoms with van der Waals surface area (Å²) in [5.74, 6) is 0.0813. The number of piperidine rings is 1. The Balaban J connectivity index is 2.01. The van der Waals surface area contributed by atoms with Gasteiger partial charge in [0.1, 0.15) is 0 Å². The van der Waals surface area contributed by atoms with Crippen LogP contribution in [0.1, 0.15) is 25.3 Å². The van der Waals surface area contributed by atoms with E-state index in [0.717, 1.165) is 31.5 Å². The molecule has 0 atom stereocenters. The van der Waals surface area contributed by atoms with Crippen molar-refractivity contribution in [3.63, 3.8) is 0 Å². The second kappa shape index (κ2) is 5.36. The van der Waals surface area contributed by atoms with Crippen molar-refractivity contribution in [3.05, 3.63) is 42.5 Å². The monoisotopic (exact) mass is 244 g/mol. The molecule has 1 heterocycles. The van der Waals surface area contributed by atoms with Crippen molar-refractivity contribution in [1.82, 2.24) is 10.6 Å². The van der Waals surface area contributed by atoms with E-state index in [9.17, 15) is 4.79 Å². The average Bonchev–Trinajstić information content (AvgIpc) is 2.40. The van der Waals surface area contributed by atoms with Gasteiger partial charge in [-0.3, -0.25) is 4.79 Å². The molecule has 3 nitrogen and oxygen atoms in total. The number of carbonyl (C=O) groups is 1. The lowest BCUT2D eigenvalue weighted by Gasteiger charge is -2.32. The Hall–Kier alpha value is -1.61. The first-order valence-electron chi connectivity index (χ1n) is 6.38. The molecule has 1 aromatic rings. The number of rotatable bonds is 3. The highest BCUT2D eigenvalue weighted by Gasteiger charge is 2.34. The lowest BCUT2D eigenvalue weighted by atomic mass is 9.80. The van der Waals surface area contributed by atoms with Crippen LogP contribution in [-0.2, 0) is 4.79 Å². The molecule has 0 unspecified atom stereocenters. The largest absolute Gasteiger partial charge is 0.326 e. The normalized spacial score (nSPS) is 18.1. The second-order valence-electron chi connectivity index (χ2n) is 5.11. The minimum absolute atomic E-state index is 0.0813. The minimum atomic E-state index is -0.275. The van der Waals surface area contributed by atoms with E-state index in [1.807, 2.05) is 37.3 Å². The summed E-state index contributed by atoms with van der Waals surface area (Å²) in [5, 5.41) is 6.22. The lowest BCUT2D eigenvalue weighted by Crippen LogP contribution is -2.45. The maximum Gasteiger partial charge on any atom is 0.230 e. The quantitative estimate of drug-likeness (QED) is 0.855. The Bertz CT molecular complexity index is 433. The van der Waals surface area contributed by atoms with Gasteiger partial charge in [-0.2, -0.15) is 0 Å². The van der Waals surface area contributed by atoms with E-state index in [4.69, 9.17) is 0 Å². The molecule has 0 bridgehead atoms. The molecule has 0 aromatic heterocycles. The van der Waals surface area contributed by atoms with Gasteiger partial charge in [0.2, 0.25) is 5.91 Å². The molecule has 2 N–H and O–H groups in total. The number of amides is 1. The Morgan fingerprint density at radius 1 is 1.28 bits per heavy atom. The fourth-order valence-corrected chi connectivity index (χ4v) is 2.21. The smallest absolute Gasteiger partial charge is 0.230 e. The van der Waals surface area contributed by atoms with Crippen molar-refractivity contribution in [2.24, 2.45) is 5.41 Å². The molecule has 18 heavy (non-hydrogen) atoms. The number of hydrogen-bond acceptors (Lipinski definition) is 2. The van der Waals surface area contributed by atoms with Gasteiger partial charge < -0.3 is 10.6 Å². The molecular formula is C15H20N2O. The van der Waals surface area contributed by atoms with Crippen molar-refractivity contribution in [3.8, 4) is 0 Å². The first-order valence-corrected chi connectivity index (χ1v) is 6.38. The van der Waals surface area contributed by atoms with Crippen LogP contribution in [0.25, 0.3) is 5.70 Å². The zero-order valence-electron chi connectivity index (χ0n) is 10.8. The summed E-state index contributed by atoms with van der Waals surface area (Å²) in [6, 6.07) is 9.74. The Morgan fingerprint density at radius 2 is 1.89 bits per heavy atom. The van der Waals surface area contributed by atoms with E-state index in [1.165, 1.54) is 0 Å². The van der Waals surface area contributed by atoms with E-state index in [2.05, 4.69) is 17.2 Å². The van der Waals surface area contributed by atoms with Crippen molar-refractivity contribution < 1.29 is 4.79 Å².